The largest absolute Gasteiger partial charge is 0.355 e. The van der Waals surface area contributed by atoms with Crippen molar-refractivity contribution >= 4 is 40.7 Å². The second-order valence-electron chi connectivity index (χ2n) is 12.2. The third-order valence-corrected chi connectivity index (χ3v) is 8.55. The van der Waals surface area contributed by atoms with Crippen LogP contribution in [0.2, 0.25) is 10.0 Å². The molecular formula is C31H40Cl2FN3O2. The van der Waals surface area contributed by atoms with Crippen molar-refractivity contribution in [2.75, 3.05) is 11.9 Å². The topological polar surface area (TPSA) is 70.2 Å². The number of benzene rings is 2. The molecule has 0 saturated carbocycles. The molecule has 1 saturated heterocycles. The standard InChI is InChI=1S/C31H40Cl2FN3O2/c1-5-6-7-8-9-10-14-35-28(38)27-26(19-12-11-13-20(32)15-19)31(25(37-27)18-30(2,3)4)21-16-23(34)22(33)17-24(21)36-29(31)39/h11-13,15-17,25-27,37H,5-10,14,18H2,1-4H3,(H,35,38)(H,36,39)/t25-,26+,27-,31+/m1/s1. The number of unbranched alkanes of at least 4 members (excludes halogenated alkanes) is 5. The van der Waals surface area contributed by atoms with Crippen LogP contribution in [0.1, 0.15) is 89.7 Å². The third kappa shape index (κ3) is 6.13. The molecular weight excluding hydrogens is 536 g/mol. The predicted molar refractivity (Wildman–Crippen MR) is 157 cm³/mol. The van der Waals surface area contributed by atoms with Gasteiger partial charge in [0.15, 0.2) is 0 Å². The average molecular weight is 577 g/mol. The summed E-state index contributed by atoms with van der Waals surface area (Å²) in [6, 6.07) is 8.96. The number of rotatable bonds is 10. The van der Waals surface area contributed by atoms with Gasteiger partial charge in [0, 0.05) is 29.2 Å². The van der Waals surface area contributed by atoms with Crippen molar-refractivity contribution in [1.29, 1.82) is 0 Å². The lowest BCUT2D eigenvalue weighted by Crippen LogP contribution is -2.49. The van der Waals surface area contributed by atoms with E-state index in [9.17, 15) is 14.0 Å². The summed E-state index contributed by atoms with van der Waals surface area (Å²) in [6.07, 6.45) is 7.32. The molecule has 3 N–H and O–H groups in total. The lowest BCUT2D eigenvalue weighted by Gasteiger charge is -2.37. The van der Waals surface area contributed by atoms with Gasteiger partial charge < -0.3 is 16.0 Å². The Labute approximate surface area is 241 Å². The number of carbonyl (C=O) groups is 2. The van der Waals surface area contributed by atoms with Crippen LogP contribution < -0.4 is 16.0 Å². The maximum Gasteiger partial charge on any atom is 0.237 e. The first kappa shape index (κ1) is 29.8. The van der Waals surface area contributed by atoms with E-state index >= 15 is 0 Å². The Morgan fingerprint density at radius 1 is 1.08 bits per heavy atom. The molecule has 2 aliphatic heterocycles. The molecule has 2 aromatic carbocycles. The summed E-state index contributed by atoms with van der Waals surface area (Å²) in [5.74, 6) is -1.64. The van der Waals surface area contributed by atoms with Crippen molar-refractivity contribution in [1.82, 2.24) is 10.6 Å². The summed E-state index contributed by atoms with van der Waals surface area (Å²) in [5.41, 5.74) is 0.339. The monoisotopic (exact) mass is 575 g/mol. The number of halogens is 3. The van der Waals surface area contributed by atoms with E-state index in [0.717, 1.165) is 24.8 Å². The van der Waals surface area contributed by atoms with E-state index in [2.05, 4.69) is 43.6 Å². The fourth-order valence-electron chi connectivity index (χ4n) is 6.36. The van der Waals surface area contributed by atoms with Crippen LogP contribution in [0.15, 0.2) is 36.4 Å². The second-order valence-corrected chi connectivity index (χ2v) is 13.0. The first-order valence-electron chi connectivity index (χ1n) is 14.1. The molecule has 8 heteroatoms. The summed E-state index contributed by atoms with van der Waals surface area (Å²) in [6.45, 7) is 9.04. The molecule has 0 bridgehead atoms. The Morgan fingerprint density at radius 2 is 1.79 bits per heavy atom. The Morgan fingerprint density at radius 3 is 2.49 bits per heavy atom. The molecule has 0 aromatic heterocycles. The summed E-state index contributed by atoms with van der Waals surface area (Å²) >= 11 is 12.5. The molecule has 2 amide bonds. The van der Waals surface area contributed by atoms with Gasteiger partial charge in [0.25, 0.3) is 0 Å². The van der Waals surface area contributed by atoms with Crippen LogP contribution in [-0.4, -0.2) is 30.4 Å². The van der Waals surface area contributed by atoms with Crippen LogP contribution in [0, 0.1) is 11.2 Å². The second kappa shape index (κ2) is 12.2. The number of carbonyl (C=O) groups excluding carboxylic acids is 2. The summed E-state index contributed by atoms with van der Waals surface area (Å²) in [7, 11) is 0. The van der Waals surface area contributed by atoms with Crippen LogP contribution in [0.4, 0.5) is 10.1 Å². The van der Waals surface area contributed by atoms with Crippen molar-refractivity contribution in [2.24, 2.45) is 5.41 Å². The van der Waals surface area contributed by atoms with Gasteiger partial charge in [0.05, 0.1) is 11.1 Å². The molecule has 1 spiro atoms. The lowest BCUT2D eigenvalue weighted by atomic mass is 9.62. The maximum absolute atomic E-state index is 15.0. The molecule has 1 fully saturated rings. The Bertz CT molecular complexity index is 1210. The van der Waals surface area contributed by atoms with Crippen molar-refractivity contribution in [3.05, 3.63) is 63.4 Å². The molecule has 2 heterocycles. The minimum atomic E-state index is -1.24. The Hall–Kier alpha value is -2.15. The molecule has 5 nitrogen and oxygen atoms in total. The fraction of sp³-hybridized carbons (Fsp3) is 0.548. The van der Waals surface area contributed by atoms with E-state index in [1.165, 1.54) is 31.4 Å². The molecule has 39 heavy (non-hydrogen) atoms. The molecule has 2 aromatic rings. The number of hydrogen-bond donors (Lipinski definition) is 3. The quantitative estimate of drug-likeness (QED) is 0.259. The number of anilines is 1. The molecule has 0 unspecified atom stereocenters. The number of hydrogen-bond acceptors (Lipinski definition) is 3. The smallest absolute Gasteiger partial charge is 0.237 e. The molecule has 2 aliphatic rings. The van der Waals surface area contributed by atoms with Gasteiger partial charge in [-0.2, -0.15) is 0 Å². The highest BCUT2D eigenvalue weighted by Crippen LogP contribution is 2.57. The normalized spacial score (nSPS) is 24.2. The highest BCUT2D eigenvalue weighted by atomic mass is 35.5. The summed E-state index contributed by atoms with van der Waals surface area (Å²) < 4.78 is 15.0. The summed E-state index contributed by atoms with van der Waals surface area (Å²) in [4.78, 5) is 27.9. The number of amides is 2. The molecule has 0 radical (unpaired) electrons. The van der Waals surface area contributed by atoms with Gasteiger partial charge in [-0.15, -0.1) is 0 Å². The van der Waals surface area contributed by atoms with E-state index in [4.69, 9.17) is 23.2 Å². The number of nitrogens with one attached hydrogen (secondary N) is 3. The SMILES string of the molecule is CCCCCCCCNC(=O)[C@@H]1N[C@H](CC(C)(C)C)[C@]2(C(=O)Nc3cc(Cl)c(F)cc32)[C@H]1c1cccc(Cl)c1. The number of fused-ring (bicyclic) bond motifs is 2. The highest BCUT2D eigenvalue weighted by Gasteiger charge is 2.65. The zero-order valence-electron chi connectivity index (χ0n) is 23.3. The van der Waals surface area contributed by atoms with E-state index in [1.807, 2.05) is 12.1 Å². The van der Waals surface area contributed by atoms with Gasteiger partial charge in [-0.1, -0.05) is 95.1 Å². The Kier molecular flexibility index (Phi) is 9.30. The van der Waals surface area contributed by atoms with Crippen LogP contribution in [0.3, 0.4) is 0 Å². The fourth-order valence-corrected chi connectivity index (χ4v) is 6.72. The van der Waals surface area contributed by atoms with Gasteiger partial charge in [-0.25, -0.2) is 4.39 Å². The van der Waals surface area contributed by atoms with Gasteiger partial charge in [-0.3, -0.25) is 9.59 Å². The minimum absolute atomic E-state index is 0.0584. The molecule has 4 atom stereocenters. The third-order valence-electron chi connectivity index (χ3n) is 8.02. The minimum Gasteiger partial charge on any atom is -0.355 e. The van der Waals surface area contributed by atoms with Gasteiger partial charge >= 0.3 is 0 Å². The van der Waals surface area contributed by atoms with Gasteiger partial charge in [0.1, 0.15) is 11.2 Å². The lowest BCUT2D eigenvalue weighted by molar-refractivity contribution is -0.123. The first-order valence-corrected chi connectivity index (χ1v) is 14.8. The van der Waals surface area contributed by atoms with Crippen LogP contribution in [0.5, 0.6) is 0 Å². The molecule has 0 aliphatic carbocycles. The zero-order valence-corrected chi connectivity index (χ0v) is 24.8. The first-order chi connectivity index (χ1) is 18.5. The van der Waals surface area contributed by atoms with E-state index in [-0.39, 0.29) is 22.3 Å². The van der Waals surface area contributed by atoms with Gasteiger partial charge in [0.2, 0.25) is 11.8 Å². The van der Waals surface area contributed by atoms with E-state index < -0.39 is 29.2 Å². The van der Waals surface area contributed by atoms with Crippen molar-refractivity contribution in [3.63, 3.8) is 0 Å². The van der Waals surface area contributed by atoms with Crippen LogP contribution in [0.25, 0.3) is 0 Å². The van der Waals surface area contributed by atoms with Crippen LogP contribution >= 0.6 is 23.2 Å². The molecule has 4 rings (SSSR count). The van der Waals surface area contributed by atoms with E-state index in [1.54, 1.807) is 12.1 Å². The Balaban J connectivity index is 1.76. The predicted octanol–water partition coefficient (Wildman–Crippen LogP) is 7.36. The average Bonchev–Trinajstić information content (AvgIpc) is 3.33. The van der Waals surface area contributed by atoms with Crippen molar-refractivity contribution in [2.45, 2.75) is 96.1 Å². The zero-order chi connectivity index (χ0) is 28.4. The molecule has 212 valence electrons. The maximum atomic E-state index is 15.0. The highest BCUT2D eigenvalue weighted by molar-refractivity contribution is 6.31. The van der Waals surface area contributed by atoms with Crippen molar-refractivity contribution in [3.8, 4) is 0 Å². The van der Waals surface area contributed by atoms with Crippen molar-refractivity contribution < 1.29 is 14.0 Å². The van der Waals surface area contributed by atoms with Gasteiger partial charge in [-0.05, 0) is 53.6 Å². The van der Waals surface area contributed by atoms with Crippen LogP contribution in [-0.2, 0) is 15.0 Å². The summed E-state index contributed by atoms with van der Waals surface area (Å²) in [5, 5.41) is 10.1. The van der Waals surface area contributed by atoms with E-state index in [0.29, 0.717) is 29.2 Å².